The lowest BCUT2D eigenvalue weighted by molar-refractivity contribution is 0.0634. The fourth-order valence-electron chi connectivity index (χ4n) is 2.35. The number of phenols is 1. The molecule has 1 amide bonds. The van der Waals surface area contributed by atoms with Crippen LogP contribution in [0.25, 0.3) is 0 Å². The molecule has 4 nitrogen and oxygen atoms in total. The van der Waals surface area contributed by atoms with Gasteiger partial charge in [-0.15, -0.1) is 0 Å². The van der Waals surface area contributed by atoms with Gasteiger partial charge < -0.3 is 10.0 Å². The minimum atomic E-state index is -0.120. The second kappa shape index (κ2) is 6.26. The van der Waals surface area contributed by atoms with Gasteiger partial charge in [0.15, 0.2) is 0 Å². The van der Waals surface area contributed by atoms with Crippen molar-refractivity contribution in [3.8, 4) is 5.75 Å². The van der Waals surface area contributed by atoms with E-state index in [-0.39, 0.29) is 11.7 Å². The van der Waals surface area contributed by atoms with Gasteiger partial charge in [0.25, 0.3) is 5.91 Å². The molecule has 1 aromatic carbocycles. The van der Waals surface area contributed by atoms with E-state index in [1.807, 2.05) is 0 Å². The van der Waals surface area contributed by atoms with E-state index in [4.69, 9.17) is 11.6 Å². The van der Waals surface area contributed by atoms with E-state index >= 15 is 0 Å². The molecule has 0 bridgehead atoms. The predicted octanol–water partition coefficient (Wildman–Crippen LogP) is 2.21. The molecular formula is C14H19ClN2O2. The zero-order valence-electron chi connectivity index (χ0n) is 11.1. The van der Waals surface area contributed by atoms with Gasteiger partial charge in [-0.2, -0.15) is 0 Å². The smallest absolute Gasteiger partial charge is 0.257 e. The molecule has 0 aromatic heterocycles. The molecule has 1 aliphatic heterocycles. The standard InChI is InChI=1S/C14H19ClN2O2/c1-2-5-16-6-8-17(9-7-16)14(19)12-4-3-11(15)10-13(12)18/h3-4,10,18H,2,5-9H2,1H3. The number of piperazine rings is 1. The highest BCUT2D eigenvalue weighted by Gasteiger charge is 2.23. The second-order valence-corrected chi connectivity index (χ2v) is 5.23. The molecule has 1 N–H and O–H groups in total. The maximum Gasteiger partial charge on any atom is 0.257 e. The van der Waals surface area contributed by atoms with E-state index < -0.39 is 0 Å². The highest BCUT2D eigenvalue weighted by atomic mass is 35.5. The van der Waals surface area contributed by atoms with E-state index in [9.17, 15) is 9.90 Å². The van der Waals surface area contributed by atoms with Crippen molar-refractivity contribution in [3.63, 3.8) is 0 Å². The van der Waals surface area contributed by atoms with Crippen LogP contribution < -0.4 is 0 Å². The first-order valence-electron chi connectivity index (χ1n) is 6.62. The molecule has 19 heavy (non-hydrogen) atoms. The molecule has 0 saturated carbocycles. The lowest BCUT2D eigenvalue weighted by atomic mass is 10.1. The first-order valence-corrected chi connectivity index (χ1v) is 6.99. The Kier molecular flexibility index (Phi) is 4.66. The van der Waals surface area contributed by atoms with Crippen LogP contribution >= 0.6 is 11.6 Å². The lowest BCUT2D eigenvalue weighted by Crippen LogP contribution is -2.48. The van der Waals surface area contributed by atoms with Crippen LogP contribution in [0.2, 0.25) is 5.02 Å². The van der Waals surface area contributed by atoms with E-state index in [0.29, 0.717) is 23.7 Å². The molecule has 0 aliphatic carbocycles. The third-order valence-electron chi connectivity index (χ3n) is 3.39. The highest BCUT2D eigenvalue weighted by molar-refractivity contribution is 6.30. The van der Waals surface area contributed by atoms with Crippen molar-refractivity contribution in [3.05, 3.63) is 28.8 Å². The molecule has 1 aromatic rings. The molecule has 1 fully saturated rings. The van der Waals surface area contributed by atoms with Gasteiger partial charge in [-0.05, 0) is 31.2 Å². The highest BCUT2D eigenvalue weighted by Crippen LogP contribution is 2.23. The van der Waals surface area contributed by atoms with Crippen molar-refractivity contribution < 1.29 is 9.90 Å². The summed E-state index contributed by atoms with van der Waals surface area (Å²) in [4.78, 5) is 16.4. The third kappa shape index (κ3) is 3.39. The van der Waals surface area contributed by atoms with Crippen molar-refractivity contribution in [1.82, 2.24) is 9.80 Å². The van der Waals surface area contributed by atoms with Gasteiger partial charge in [-0.25, -0.2) is 0 Å². The van der Waals surface area contributed by atoms with Gasteiger partial charge in [0.1, 0.15) is 5.75 Å². The number of rotatable bonds is 3. The van der Waals surface area contributed by atoms with Gasteiger partial charge in [0.2, 0.25) is 0 Å². The summed E-state index contributed by atoms with van der Waals surface area (Å²) in [5.74, 6) is -0.168. The average molecular weight is 283 g/mol. The molecule has 0 spiro atoms. The largest absolute Gasteiger partial charge is 0.507 e. The predicted molar refractivity (Wildman–Crippen MR) is 75.8 cm³/mol. The van der Waals surface area contributed by atoms with Crippen LogP contribution in [-0.2, 0) is 0 Å². The molecule has 1 saturated heterocycles. The number of carbonyl (C=O) groups is 1. The second-order valence-electron chi connectivity index (χ2n) is 4.80. The quantitative estimate of drug-likeness (QED) is 0.924. The van der Waals surface area contributed by atoms with Crippen LogP contribution in [0.15, 0.2) is 18.2 Å². The molecule has 0 atom stereocenters. The Balaban J connectivity index is 2.01. The van der Waals surface area contributed by atoms with Gasteiger partial charge in [-0.1, -0.05) is 18.5 Å². The molecule has 5 heteroatoms. The Morgan fingerprint density at radius 1 is 1.32 bits per heavy atom. The summed E-state index contributed by atoms with van der Waals surface area (Å²) >= 11 is 5.77. The zero-order chi connectivity index (χ0) is 13.8. The Bertz CT molecular complexity index is 457. The average Bonchev–Trinajstić information content (AvgIpc) is 2.39. The van der Waals surface area contributed by atoms with Crippen molar-refractivity contribution in [2.24, 2.45) is 0 Å². The first kappa shape index (κ1) is 14.2. The maximum atomic E-state index is 12.3. The fraction of sp³-hybridized carbons (Fsp3) is 0.500. The summed E-state index contributed by atoms with van der Waals surface area (Å²) < 4.78 is 0. The normalized spacial score (nSPS) is 16.6. The number of phenolic OH excluding ortho intramolecular Hbond substituents is 1. The molecule has 104 valence electrons. The summed E-state index contributed by atoms with van der Waals surface area (Å²) in [7, 11) is 0. The van der Waals surface area contributed by atoms with Crippen LogP contribution in [0.1, 0.15) is 23.7 Å². The summed E-state index contributed by atoms with van der Waals surface area (Å²) in [5.41, 5.74) is 0.327. The van der Waals surface area contributed by atoms with Crippen LogP contribution in [0, 0.1) is 0 Å². The third-order valence-corrected chi connectivity index (χ3v) is 3.62. The first-order chi connectivity index (χ1) is 9.11. The minimum absolute atomic E-state index is 0.0477. The maximum absolute atomic E-state index is 12.3. The number of nitrogens with zero attached hydrogens (tertiary/aromatic N) is 2. The lowest BCUT2D eigenvalue weighted by Gasteiger charge is -2.34. The Hall–Kier alpha value is -1.26. The van der Waals surface area contributed by atoms with Crippen molar-refractivity contribution >= 4 is 17.5 Å². The van der Waals surface area contributed by atoms with Gasteiger partial charge in [-0.3, -0.25) is 9.69 Å². The Morgan fingerprint density at radius 2 is 2.00 bits per heavy atom. The molecule has 1 heterocycles. The van der Waals surface area contributed by atoms with Gasteiger partial charge >= 0.3 is 0 Å². The number of halogens is 1. The number of benzene rings is 1. The van der Waals surface area contributed by atoms with Crippen LogP contribution in [-0.4, -0.2) is 53.5 Å². The SMILES string of the molecule is CCCN1CCN(C(=O)c2ccc(Cl)cc2O)CC1. The van der Waals surface area contributed by atoms with Crippen LogP contribution in [0.4, 0.5) is 0 Å². The minimum Gasteiger partial charge on any atom is -0.507 e. The molecule has 0 radical (unpaired) electrons. The summed E-state index contributed by atoms with van der Waals surface area (Å²) in [5, 5.41) is 10.2. The summed E-state index contributed by atoms with van der Waals surface area (Å²) in [6.45, 7) is 6.45. The van der Waals surface area contributed by atoms with E-state index in [0.717, 1.165) is 26.1 Å². The van der Waals surface area contributed by atoms with E-state index in [2.05, 4.69) is 11.8 Å². The Labute approximate surface area is 118 Å². The van der Waals surface area contributed by atoms with E-state index in [1.165, 1.54) is 6.07 Å². The van der Waals surface area contributed by atoms with Crippen molar-refractivity contribution in [1.29, 1.82) is 0 Å². The summed E-state index contributed by atoms with van der Waals surface area (Å²) in [6, 6.07) is 4.61. The van der Waals surface area contributed by atoms with Crippen LogP contribution in [0.3, 0.4) is 0 Å². The topological polar surface area (TPSA) is 43.8 Å². The monoisotopic (exact) mass is 282 g/mol. The number of hydrogen-bond donors (Lipinski definition) is 1. The van der Waals surface area contributed by atoms with Crippen molar-refractivity contribution in [2.45, 2.75) is 13.3 Å². The summed E-state index contributed by atoms with van der Waals surface area (Å²) in [6.07, 6.45) is 1.13. The van der Waals surface area contributed by atoms with Gasteiger partial charge in [0, 0.05) is 31.2 Å². The molecule has 1 aliphatic rings. The van der Waals surface area contributed by atoms with Crippen molar-refractivity contribution in [2.75, 3.05) is 32.7 Å². The molecular weight excluding hydrogens is 264 g/mol. The number of hydrogen-bond acceptors (Lipinski definition) is 3. The zero-order valence-corrected chi connectivity index (χ0v) is 11.9. The number of aromatic hydroxyl groups is 1. The fourth-order valence-corrected chi connectivity index (χ4v) is 2.51. The van der Waals surface area contributed by atoms with Crippen LogP contribution in [0.5, 0.6) is 5.75 Å². The van der Waals surface area contributed by atoms with Gasteiger partial charge in [0.05, 0.1) is 5.56 Å². The number of amides is 1. The molecule has 0 unspecified atom stereocenters. The number of carbonyl (C=O) groups excluding carboxylic acids is 1. The van der Waals surface area contributed by atoms with E-state index in [1.54, 1.807) is 17.0 Å². The Morgan fingerprint density at radius 3 is 2.58 bits per heavy atom. The molecule has 2 rings (SSSR count).